The third-order valence-electron chi connectivity index (χ3n) is 2.00. The Morgan fingerprint density at radius 1 is 1.60 bits per heavy atom. The molecule has 2 aromatic rings. The molecule has 8 heteroatoms. The summed E-state index contributed by atoms with van der Waals surface area (Å²) in [7, 11) is 0. The van der Waals surface area contributed by atoms with Crippen molar-refractivity contribution in [2.45, 2.75) is 16.9 Å². The van der Waals surface area contributed by atoms with Crippen molar-refractivity contribution in [2.75, 3.05) is 6.61 Å². The maximum atomic E-state index is 11.2. The summed E-state index contributed by atoms with van der Waals surface area (Å²) in [5, 5.41) is 11.5. The molecule has 1 aliphatic heterocycles. The van der Waals surface area contributed by atoms with E-state index in [1.807, 2.05) is 0 Å². The molecule has 7 nitrogen and oxygen atoms in total. The quantitative estimate of drug-likeness (QED) is 0.673. The molecule has 0 N–H and O–H groups in total. The lowest BCUT2D eigenvalue weighted by Crippen LogP contribution is -2.09. The maximum absolute atomic E-state index is 11.2. The first-order valence-electron chi connectivity index (χ1n) is 4.33. The van der Waals surface area contributed by atoms with Crippen molar-refractivity contribution in [1.82, 2.24) is 19.8 Å². The summed E-state index contributed by atoms with van der Waals surface area (Å²) in [6.07, 6.45) is 2.13. The van der Waals surface area contributed by atoms with Crippen LogP contribution in [0.15, 0.2) is 16.0 Å². The summed E-state index contributed by atoms with van der Waals surface area (Å²) in [5.41, 5.74) is 0. The van der Waals surface area contributed by atoms with Crippen molar-refractivity contribution in [3.8, 4) is 0 Å². The topological polar surface area (TPSA) is 82.5 Å². The van der Waals surface area contributed by atoms with Crippen LogP contribution in [0.3, 0.4) is 0 Å². The highest BCUT2D eigenvalue weighted by Gasteiger charge is 2.29. The third-order valence-corrected chi connectivity index (χ3v) is 3.08. The molecule has 1 atom stereocenters. The van der Waals surface area contributed by atoms with Crippen LogP contribution >= 0.6 is 11.8 Å². The Bertz CT molecular complexity index is 479. The molecule has 0 aliphatic carbocycles. The third kappa shape index (κ3) is 1.46. The monoisotopic (exact) mass is 226 g/mol. The number of ether oxygens (including phenoxy) is 1. The van der Waals surface area contributed by atoms with Gasteiger partial charge in [-0.05, 0) is 11.8 Å². The van der Waals surface area contributed by atoms with Gasteiger partial charge in [-0.25, -0.2) is 0 Å². The molecule has 1 saturated heterocycles. The van der Waals surface area contributed by atoms with Crippen LogP contribution in [0.4, 0.5) is 0 Å². The first-order valence-corrected chi connectivity index (χ1v) is 5.21. The largest absolute Gasteiger partial charge is 0.465 e. The zero-order valence-corrected chi connectivity index (χ0v) is 8.31. The summed E-state index contributed by atoms with van der Waals surface area (Å²) in [5.74, 6) is 0.109. The second kappa shape index (κ2) is 3.23. The van der Waals surface area contributed by atoms with Crippen molar-refractivity contribution < 1.29 is 13.9 Å². The van der Waals surface area contributed by atoms with Gasteiger partial charge in [0.2, 0.25) is 0 Å². The Kier molecular flexibility index (Phi) is 1.88. The molecule has 2 aromatic heterocycles. The minimum Gasteiger partial charge on any atom is -0.465 e. The number of aromatic nitrogens is 4. The Hall–Kier alpha value is -1.57. The average Bonchev–Trinajstić information content (AvgIpc) is 2.83. The molecule has 0 radical (unpaired) electrons. The minimum absolute atomic E-state index is 0.214. The van der Waals surface area contributed by atoms with Crippen LogP contribution in [-0.2, 0) is 9.53 Å². The average molecular weight is 226 g/mol. The number of fused-ring (bicyclic) bond motifs is 1. The predicted octanol–water partition coefficient (Wildman–Crippen LogP) is 0.125. The van der Waals surface area contributed by atoms with Crippen LogP contribution in [-0.4, -0.2) is 37.6 Å². The van der Waals surface area contributed by atoms with E-state index in [1.165, 1.54) is 22.6 Å². The number of rotatable bonds is 2. The molecule has 0 aromatic carbocycles. The lowest BCUT2D eigenvalue weighted by molar-refractivity contribution is -0.137. The van der Waals surface area contributed by atoms with E-state index in [0.717, 1.165) is 0 Å². The van der Waals surface area contributed by atoms with Crippen LogP contribution in [0.2, 0.25) is 0 Å². The molecule has 3 heterocycles. The number of carbonyl (C=O) groups is 1. The van der Waals surface area contributed by atoms with Gasteiger partial charge in [0.1, 0.15) is 11.6 Å². The second-order valence-corrected chi connectivity index (χ2v) is 4.14. The lowest BCUT2D eigenvalue weighted by Gasteiger charge is -1.98. The van der Waals surface area contributed by atoms with Crippen LogP contribution in [0.1, 0.15) is 6.42 Å². The molecule has 1 aliphatic rings. The van der Waals surface area contributed by atoms with Gasteiger partial charge in [-0.2, -0.15) is 4.52 Å². The van der Waals surface area contributed by atoms with Crippen molar-refractivity contribution >= 4 is 23.6 Å². The van der Waals surface area contributed by atoms with Gasteiger partial charge in [0.15, 0.2) is 0 Å². The molecule has 78 valence electrons. The molecule has 3 rings (SSSR count). The summed E-state index contributed by atoms with van der Waals surface area (Å²) in [6.45, 7) is 0.468. The zero-order valence-electron chi connectivity index (χ0n) is 7.49. The van der Waals surface area contributed by atoms with E-state index < -0.39 is 0 Å². The summed E-state index contributed by atoms with van der Waals surface area (Å²) in [6, 6.07) is 0. The van der Waals surface area contributed by atoms with Gasteiger partial charge in [-0.15, -0.1) is 10.2 Å². The molecule has 1 fully saturated rings. The molecule has 0 amide bonds. The Morgan fingerprint density at radius 2 is 2.53 bits per heavy atom. The van der Waals surface area contributed by atoms with Crippen LogP contribution in [0.5, 0.6) is 0 Å². The van der Waals surface area contributed by atoms with Crippen LogP contribution < -0.4 is 0 Å². The zero-order chi connectivity index (χ0) is 10.3. The minimum atomic E-state index is -0.221. The number of hydrogen-bond acceptors (Lipinski definition) is 7. The first kappa shape index (κ1) is 8.72. The molecule has 1 unspecified atom stereocenters. The van der Waals surface area contributed by atoms with Crippen LogP contribution in [0, 0.1) is 0 Å². The smallest absolute Gasteiger partial charge is 0.345 e. The molecule has 0 bridgehead atoms. The SMILES string of the molecule is O=C1OCCC1Sc1nn2cnnc2o1. The van der Waals surface area contributed by atoms with E-state index in [-0.39, 0.29) is 11.2 Å². The Balaban J connectivity index is 1.83. The number of hydrogen-bond donors (Lipinski definition) is 0. The fraction of sp³-hybridized carbons (Fsp3) is 0.429. The molecule has 0 spiro atoms. The summed E-state index contributed by atoms with van der Waals surface area (Å²) in [4.78, 5) is 11.2. The maximum Gasteiger partial charge on any atom is 0.345 e. The van der Waals surface area contributed by atoms with E-state index in [9.17, 15) is 4.79 Å². The predicted molar refractivity (Wildman–Crippen MR) is 48.3 cm³/mol. The number of esters is 1. The molecular weight excluding hydrogens is 220 g/mol. The normalized spacial score (nSPS) is 21.1. The lowest BCUT2D eigenvalue weighted by atomic mass is 10.4. The highest BCUT2D eigenvalue weighted by molar-refractivity contribution is 8.00. The second-order valence-electron chi connectivity index (χ2n) is 2.99. The fourth-order valence-corrected chi connectivity index (χ4v) is 2.17. The van der Waals surface area contributed by atoms with Gasteiger partial charge < -0.3 is 9.15 Å². The molecule has 0 saturated carbocycles. The summed E-state index contributed by atoms with van der Waals surface area (Å²) < 4.78 is 11.5. The van der Waals surface area contributed by atoms with Gasteiger partial charge in [0.25, 0.3) is 5.22 Å². The first-order chi connectivity index (χ1) is 7.33. The van der Waals surface area contributed by atoms with Gasteiger partial charge in [-0.1, -0.05) is 5.10 Å². The van der Waals surface area contributed by atoms with E-state index in [4.69, 9.17) is 9.15 Å². The van der Waals surface area contributed by atoms with E-state index in [0.29, 0.717) is 24.1 Å². The fourth-order valence-electron chi connectivity index (χ4n) is 1.30. The standard InChI is InChI=1S/C7H6N4O3S/c12-5-4(1-2-13-5)15-7-10-11-3-8-9-6(11)14-7/h3-4H,1-2H2. The van der Waals surface area contributed by atoms with Gasteiger partial charge in [0, 0.05) is 6.42 Å². The Labute approximate surface area is 87.8 Å². The van der Waals surface area contributed by atoms with Crippen molar-refractivity contribution in [3.05, 3.63) is 6.33 Å². The molecular formula is C7H6N4O3S. The number of cyclic esters (lactones) is 1. The van der Waals surface area contributed by atoms with Gasteiger partial charge in [-0.3, -0.25) is 4.79 Å². The highest BCUT2D eigenvalue weighted by Crippen LogP contribution is 2.28. The number of nitrogens with zero attached hydrogens (tertiary/aromatic N) is 4. The van der Waals surface area contributed by atoms with E-state index >= 15 is 0 Å². The number of thioether (sulfide) groups is 1. The van der Waals surface area contributed by atoms with Gasteiger partial charge >= 0.3 is 11.8 Å². The summed E-state index contributed by atoms with van der Waals surface area (Å²) >= 11 is 1.25. The van der Waals surface area contributed by atoms with E-state index in [2.05, 4.69) is 15.3 Å². The molecule has 15 heavy (non-hydrogen) atoms. The highest BCUT2D eigenvalue weighted by atomic mass is 32.2. The van der Waals surface area contributed by atoms with Crippen molar-refractivity contribution in [3.63, 3.8) is 0 Å². The number of carbonyl (C=O) groups excluding carboxylic acids is 1. The van der Waals surface area contributed by atoms with Crippen LogP contribution in [0.25, 0.3) is 5.84 Å². The Morgan fingerprint density at radius 3 is 3.27 bits per heavy atom. The van der Waals surface area contributed by atoms with Gasteiger partial charge in [0.05, 0.1) is 6.61 Å². The van der Waals surface area contributed by atoms with Crippen molar-refractivity contribution in [2.24, 2.45) is 0 Å². The van der Waals surface area contributed by atoms with E-state index in [1.54, 1.807) is 0 Å². The van der Waals surface area contributed by atoms with Crippen molar-refractivity contribution in [1.29, 1.82) is 0 Å².